The molecule has 0 unspecified atom stereocenters. The minimum Gasteiger partial charge on any atom is -0.461 e. The number of aromatic nitrogens is 2. The van der Waals surface area contributed by atoms with Crippen molar-refractivity contribution in [1.82, 2.24) is 19.8 Å². The fourth-order valence-corrected chi connectivity index (χ4v) is 4.11. The number of amides is 2. The van der Waals surface area contributed by atoms with E-state index in [0.29, 0.717) is 59.6 Å². The first-order valence-corrected chi connectivity index (χ1v) is 10.9. The van der Waals surface area contributed by atoms with Crippen LogP contribution in [0.4, 0.5) is 0 Å². The molecule has 0 bridgehead atoms. The van der Waals surface area contributed by atoms with E-state index in [1.807, 2.05) is 43.5 Å². The van der Waals surface area contributed by atoms with Crippen LogP contribution < -0.4 is 0 Å². The topological polar surface area (TPSA) is 79.5 Å². The maximum atomic E-state index is 13.3. The molecule has 1 aliphatic heterocycles. The number of carbonyl (C=O) groups is 2. The first kappa shape index (κ1) is 20.2. The Morgan fingerprint density at radius 2 is 1.60 bits per heavy atom. The van der Waals surface area contributed by atoms with E-state index in [9.17, 15) is 9.59 Å². The monoisotopic (exact) mass is 422 g/mol. The highest BCUT2D eigenvalue weighted by Gasteiger charge is 2.29. The number of rotatable bonds is 4. The summed E-state index contributed by atoms with van der Waals surface area (Å²) in [5, 5.41) is 0.627. The summed E-state index contributed by atoms with van der Waals surface area (Å²) in [6, 6.07) is 12.8. The lowest BCUT2D eigenvalue weighted by Gasteiger charge is -2.35. The van der Waals surface area contributed by atoms with E-state index in [4.69, 9.17) is 4.42 Å². The van der Waals surface area contributed by atoms with Gasteiger partial charge in [0.25, 0.3) is 11.8 Å². The van der Waals surface area contributed by atoms with Crippen LogP contribution >= 0.6 is 11.8 Å². The van der Waals surface area contributed by atoms with Crippen LogP contribution in [0.25, 0.3) is 11.6 Å². The summed E-state index contributed by atoms with van der Waals surface area (Å²) in [6.07, 6.45) is 3.46. The minimum absolute atomic E-state index is 0.00480. The van der Waals surface area contributed by atoms with Crippen LogP contribution in [-0.2, 0) is 0 Å². The second-order valence-electron chi connectivity index (χ2n) is 6.94. The third-order valence-electron chi connectivity index (χ3n) is 5.08. The minimum atomic E-state index is -0.102. The van der Waals surface area contributed by atoms with Crippen LogP contribution in [0.2, 0.25) is 0 Å². The normalized spacial score (nSPS) is 14.1. The van der Waals surface area contributed by atoms with Crippen LogP contribution in [0.5, 0.6) is 0 Å². The first-order chi connectivity index (χ1) is 14.6. The van der Waals surface area contributed by atoms with Crippen molar-refractivity contribution in [3.8, 4) is 11.6 Å². The molecule has 1 saturated heterocycles. The van der Waals surface area contributed by atoms with Gasteiger partial charge < -0.3 is 14.2 Å². The molecule has 0 atom stereocenters. The third kappa shape index (κ3) is 3.95. The Morgan fingerprint density at radius 3 is 2.20 bits per heavy atom. The van der Waals surface area contributed by atoms with Crippen LogP contribution in [0, 0.1) is 6.92 Å². The number of piperazine rings is 1. The predicted molar refractivity (Wildman–Crippen MR) is 115 cm³/mol. The average Bonchev–Trinajstić information content (AvgIpc) is 3.33. The van der Waals surface area contributed by atoms with Gasteiger partial charge in [0, 0.05) is 31.7 Å². The van der Waals surface area contributed by atoms with Gasteiger partial charge in [-0.25, -0.2) is 9.97 Å². The van der Waals surface area contributed by atoms with Gasteiger partial charge in [-0.05, 0) is 37.4 Å². The fourth-order valence-electron chi connectivity index (χ4n) is 3.49. The molecule has 30 heavy (non-hydrogen) atoms. The van der Waals surface area contributed by atoms with E-state index in [-0.39, 0.29) is 11.8 Å². The maximum absolute atomic E-state index is 13.3. The number of hydrogen-bond acceptors (Lipinski definition) is 6. The number of nitrogens with zero attached hydrogens (tertiary/aromatic N) is 4. The molecule has 1 aliphatic rings. The fraction of sp³-hybridized carbons (Fsp3) is 0.273. The molecule has 0 spiro atoms. The van der Waals surface area contributed by atoms with Crippen LogP contribution in [-0.4, -0.2) is 64.0 Å². The van der Waals surface area contributed by atoms with E-state index < -0.39 is 0 Å². The second kappa shape index (κ2) is 8.71. The summed E-state index contributed by atoms with van der Waals surface area (Å²) in [5.74, 6) is 0.932. The van der Waals surface area contributed by atoms with Gasteiger partial charge in [-0.1, -0.05) is 18.2 Å². The number of furan rings is 1. The van der Waals surface area contributed by atoms with Gasteiger partial charge in [-0.3, -0.25) is 9.59 Å². The van der Waals surface area contributed by atoms with Gasteiger partial charge in [-0.15, -0.1) is 11.8 Å². The molecule has 1 fully saturated rings. The van der Waals surface area contributed by atoms with Crippen molar-refractivity contribution in [2.45, 2.75) is 11.9 Å². The maximum Gasteiger partial charge on any atom is 0.258 e. The second-order valence-corrected chi connectivity index (χ2v) is 7.74. The molecule has 0 radical (unpaired) electrons. The molecule has 0 saturated carbocycles. The highest BCUT2D eigenvalue weighted by Crippen LogP contribution is 2.26. The number of aryl methyl sites for hydroxylation is 1. The van der Waals surface area contributed by atoms with E-state index in [1.165, 1.54) is 11.8 Å². The van der Waals surface area contributed by atoms with Gasteiger partial charge in [-0.2, -0.15) is 0 Å². The summed E-state index contributed by atoms with van der Waals surface area (Å²) >= 11 is 1.41. The Morgan fingerprint density at radius 1 is 0.933 bits per heavy atom. The summed E-state index contributed by atoms with van der Waals surface area (Å²) in [4.78, 5) is 38.5. The third-order valence-corrected chi connectivity index (χ3v) is 5.76. The van der Waals surface area contributed by atoms with Crippen molar-refractivity contribution in [1.29, 1.82) is 0 Å². The molecule has 7 nitrogen and oxygen atoms in total. The van der Waals surface area contributed by atoms with Crippen LogP contribution in [0.1, 0.15) is 26.4 Å². The zero-order valence-electron chi connectivity index (χ0n) is 16.9. The molecule has 0 aliphatic carbocycles. The van der Waals surface area contributed by atoms with Crippen LogP contribution in [0.15, 0.2) is 58.2 Å². The summed E-state index contributed by atoms with van der Waals surface area (Å²) in [6.45, 7) is 3.77. The lowest BCUT2D eigenvalue weighted by Crippen LogP contribution is -2.50. The highest BCUT2D eigenvalue weighted by atomic mass is 32.2. The number of carbonyl (C=O) groups excluding carboxylic acids is 2. The standard InChI is InChI=1S/C22H22N4O3S/c1-15-18(20(30-2)24-19(23-15)17-9-6-14-29-17)22(28)26-12-10-25(11-13-26)21(27)16-7-4-3-5-8-16/h3-9,14H,10-13H2,1-2H3. The summed E-state index contributed by atoms with van der Waals surface area (Å²) < 4.78 is 5.39. The summed E-state index contributed by atoms with van der Waals surface area (Å²) in [5.41, 5.74) is 1.80. The zero-order chi connectivity index (χ0) is 21.1. The first-order valence-electron chi connectivity index (χ1n) is 9.68. The smallest absolute Gasteiger partial charge is 0.258 e. The molecule has 0 N–H and O–H groups in total. The zero-order valence-corrected chi connectivity index (χ0v) is 17.7. The quantitative estimate of drug-likeness (QED) is 0.474. The van der Waals surface area contributed by atoms with Crippen molar-refractivity contribution < 1.29 is 14.0 Å². The van der Waals surface area contributed by atoms with Crippen molar-refractivity contribution >= 4 is 23.6 Å². The van der Waals surface area contributed by atoms with Crippen LogP contribution in [0.3, 0.4) is 0 Å². The predicted octanol–water partition coefficient (Wildman–Crippen LogP) is 3.37. The Labute approximate surface area is 179 Å². The molecule has 2 aromatic heterocycles. The molecule has 3 heterocycles. The molecule has 154 valence electrons. The Balaban J connectivity index is 1.50. The number of thioether (sulfide) groups is 1. The molecule has 2 amide bonds. The van der Waals surface area contributed by atoms with E-state index in [2.05, 4.69) is 9.97 Å². The van der Waals surface area contributed by atoms with E-state index in [1.54, 1.807) is 28.2 Å². The molecule has 3 aromatic rings. The Hall–Kier alpha value is -3.13. The lowest BCUT2D eigenvalue weighted by atomic mass is 10.1. The molecule has 4 rings (SSSR count). The molecular formula is C22H22N4O3S. The Bertz CT molecular complexity index is 1050. The van der Waals surface area contributed by atoms with E-state index in [0.717, 1.165) is 0 Å². The van der Waals surface area contributed by atoms with Gasteiger partial charge in [0.1, 0.15) is 5.03 Å². The molecule has 8 heteroatoms. The van der Waals surface area contributed by atoms with Crippen molar-refractivity contribution in [2.24, 2.45) is 0 Å². The van der Waals surface area contributed by atoms with Crippen molar-refractivity contribution in [3.05, 3.63) is 65.5 Å². The molecular weight excluding hydrogens is 400 g/mol. The van der Waals surface area contributed by atoms with Gasteiger partial charge in [0.2, 0.25) is 0 Å². The lowest BCUT2D eigenvalue weighted by molar-refractivity contribution is 0.0532. The van der Waals surface area contributed by atoms with Gasteiger partial charge in [0.15, 0.2) is 11.6 Å². The van der Waals surface area contributed by atoms with Gasteiger partial charge in [0.05, 0.1) is 17.5 Å². The number of hydrogen-bond donors (Lipinski definition) is 0. The average molecular weight is 423 g/mol. The van der Waals surface area contributed by atoms with E-state index >= 15 is 0 Å². The highest BCUT2D eigenvalue weighted by molar-refractivity contribution is 7.98. The van der Waals surface area contributed by atoms with Gasteiger partial charge >= 0.3 is 0 Å². The Kier molecular flexibility index (Phi) is 5.85. The number of benzene rings is 1. The largest absolute Gasteiger partial charge is 0.461 e. The molecule has 1 aromatic carbocycles. The van der Waals surface area contributed by atoms with Crippen molar-refractivity contribution in [2.75, 3.05) is 32.4 Å². The summed E-state index contributed by atoms with van der Waals surface area (Å²) in [7, 11) is 0. The SMILES string of the molecule is CSc1nc(-c2ccco2)nc(C)c1C(=O)N1CCN(C(=O)c2ccccc2)CC1. The van der Waals surface area contributed by atoms with Crippen molar-refractivity contribution in [3.63, 3.8) is 0 Å².